The van der Waals surface area contributed by atoms with Crippen molar-refractivity contribution in [3.8, 4) is 0 Å². The highest BCUT2D eigenvalue weighted by Crippen LogP contribution is 2.56. The van der Waals surface area contributed by atoms with Gasteiger partial charge in [-0.15, -0.1) is 0 Å². The minimum absolute atomic E-state index is 0.0396. The fourth-order valence-corrected chi connectivity index (χ4v) is 7.87. The van der Waals surface area contributed by atoms with Gasteiger partial charge < -0.3 is 20.3 Å². The van der Waals surface area contributed by atoms with E-state index in [1.54, 1.807) is 29.2 Å². The summed E-state index contributed by atoms with van der Waals surface area (Å²) in [6, 6.07) is 16.0. The van der Waals surface area contributed by atoms with E-state index in [0.717, 1.165) is 25.7 Å². The lowest BCUT2D eigenvalue weighted by atomic mass is 9.73. The maximum absolute atomic E-state index is 14.4. The number of rotatable bonds is 8. The van der Waals surface area contributed by atoms with Crippen molar-refractivity contribution in [2.75, 3.05) is 5.32 Å². The standard InChI is InChI=1S/C34H40ClN3O4/c1-20-9-7-14-26(22(20)3)37-32(40)30-34-18-17-27(42-34)28(31(39)36-25-13-8-12-24(35)19-25)29(34)33(41)38(30)21(2)15-16-23-10-5-4-6-11-23/h4-6,8,10-13,17-22,26-30H,7,9,14-16H2,1-3H3,(H,36,39)(H,37,40)/t20-,21-,22+,26+,27+,28-,29+,30+,34+/m1/s1. The second-order valence-electron chi connectivity index (χ2n) is 12.7. The van der Waals surface area contributed by atoms with Gasteiger partial charge in [0.2, 0.25) is 17.7 Å². The molecule has 3 aliphatic heterocycles. The predicted molar refractivity (Wildman–Crippen MR) is 163 cm³/mol. The number of nitrogens with zero attached hydrogens (tertiary/aromatic N) is 1. The highest BCUT2D eigenvalue weighted by atomic mass is 35.5. The highest BCUT2D eigenvalue weighted by molar-refractivity contribution is 6.30. The molecule has 1 saturated carbocycles. The highest BCUT2D eigenvalue weighted by Gasteiger charge is 2.73. The molecule has 42 heavy (non-hydrogen) atoms. The summed E-state index contributed by atoms with van der Waals surface area (Å²) in [5, 5.41) is 6.79. The molecule has 2 saturated heterocycles. The number of aryl methyl sites for hydroxylation is 1. The number of halogens is 1. The second kappa shape index (κ2) is 11.5. The maximum Gasteiger partial charge on any atom is 0.246 e. The number of benzene rings is 2. The van der Waals surface area contributed by atoms with Crippen molar-refractivity contribution < 1.29 is 19.1 Å². The van der Waals surface area contributed by atoms with Crippen LogP contribution in [0.4, 0.5) is 5.69 Å². The van der Waals surface area contributed by atoms with Gasteiger partial charge >= 0.3 is 0 Å². The topological polar surface area (TPSA) is 87.7 Å². The van der Waals surface area contributed by atoms with E-state index < -0.39 is 29.6 Å². The number of nitrogens with one attached hydrogen (secondary N) is 2. The summed E-state index contributed by atoms with van der Waals surface area (Å²) in [6.45, 7) is 6.44. The summed E-state index contributed by atoms with van der Waals surface area (Å²) >= 11 is 6.15. The first-order valence-electron chi connectivity index (χ1n) is 15.3. The van der Waals surface area contributed by atoms with Gasteiger partial charge in [-0.25, -0.2) is 0 Å². The Balaban J connectivity index is 1.30. The monoisotopic (exact) mass is 589 g/mol. The molecule has 2 bridgehead atoms. The van der Waals surface area contributed by atoms with Crippen LogP contribution in [-0.4, -0.2) is 52.5 Å². The molecule has 3 amide bonds. The van der Waals surface area contributed by atoms with E-state index in [1.165, 1.54) is 5.56 Å². The lowest BCUT2D eigenvalue weighted by molar-refractivity contribution is -0.144. The van der Waals surface area contributed by atoms with E-state index in [9.17, 15) is 14.4 Å². The normalized spacial score (nSPS) is 33.9. The van der Waals surface area contributed by atoms with E-state index in [1.807, 2.05) is 37.3 Å². The molecule has 2 aromatic rings. The van der Waals surface area contributed by atoms with Crippen LogP contribution < -0.4 is 10.6 Å². The van der Waals surface area contributed by atoms with Crippen LogP contribution in [0, 0.1) is 23.7 Å². The van der Waals surface area contributed by atoms with Crippen LogP contribution in [0.25, 0.3) is 0 Å². The number of fused-ring (bicyclic) bond motifs is 1. The molecule has 0 unspecified atom stereocenters. The van der Waals surface area contributed by atoms with E-state index >= 15 is 0 Å². The molecule has 6 rings (SSSR count). The van der Waals surface area contributed by atoms with Gasteiger partial charge in [-0.05, 0) is 61.8 Å². The number of hydrogen-bond acceptors (Lipinski definition) is 4. The molecule has 8 heteroatoms. The van der Waals surface area contributed by atoms with Crippen molar-refractivity contribution >= 4 is 35.0 Å². The molecule has 0 aromatic heterocycles. The average molecular weight is 590 g/mol. The molecule has 2 aromatic carbocycles. The third-order valence-corrected chi connectivity index (χ3v) is 10.4. The van der Waals surface area contributed by atoms with Gasteiger partial charge in [0.25, 0.3) is 0 Å². The average Bonchev–Trinajstić information content (AvgIpc) is 3.62. The fraction of sp³-hybridized carbons (Fsp3) is 0.500. The Labute approximate surface area is 253 Å². The third kappa shape index (κ3) is 5.05. The molecule has 3 fully saturated rings. The van der Waals surface area contributed by atoms with Crippen LogP contribution in [0.1, 0.15) is 52.0 Å². The molecule has 3 heterocycles. The SMILES string of the molecule is C[C@H]1[C@H](C)CCC[C@@H]1NC(=O)[C@@H]1N([C@H](C)CCc2ccccc2)C(=O)[C@@H]2[C@H](C(=O)Nc3cccc(Cl)c3)[C@@H]3C=C[C@]21O3. The van der Waals surface area contributed by atoms with Gasteiger partial charge in [0.1, 0.15) is 11.6 Å². The maximum atomic E-state index is 14.4. The molecule has 0 radical (unpaired) electrons. The van der Waals surface area contributed by atoms with Gasteiger partial charge in [0, 0.05) is 22.8 Å². The van der Waals surface area contributed by atoms with Crippen LogP contribution in [0.3, 0.4) is 0 Å². The molecular weight excluding hydrogens is 550 g/mol. The van der Waals surface area contributed by atoms with E-state index in [0.29, 0.717) is 29.0 Å². The van der Waals surface area contributed by atoms with Crippen molar-refractivity contribution in [3.05, 3.63) is 77.3 Å². The summed E-state index contributed by atoms with van der Waals surface area (Å²) in [7, 11) is 0. The summed E-state index contributed by atoms with van der Waals surface area (Å²) < 4.78 is 6.54. The number of carbonyl (C=O) groups is 3. The minimum Gasteiger partial charge on any atom is -0.359 e. The van der Waals surface area contributed by atoms with Gasteiger partial charge in [0.05, 0.1) is 17.9 Å². The predicted octanol–water partition coefficient (Wildman–Crippen LogP) is 5.39. The van der Waals surface area contributed by atoms with Crippen LogP contribution in [0.15, 0.2) is 66.7 Å². The summed E-state index contributed by atoms with van der Waals surface area (Å²) in [5.74, 6) is -1.38. The van der Waals surface area contributed by atoms with Gasteiger partial charge in [-0.3, -0.25) is 14.4 Å². The van der Waals surface area contributed by atoms with Crippen LogP contribution >= 0.6 is 11.6 Å². The minimum atomic E-state index is -1.19. The second-order valence-corrected chi connectivity index (χ2v) is 13.1. The Hall–Kier alpha value is -3.16. The first-order chi connectivity index (χ1) is 20.2. The van der Waals surface area contributed by atoms with Gasteiger partial charge in [-0.2, -0.15) is 0 Å². The smallest absolute Gasteiger partial charge is 0.246 e. The van der Waals surface area contributed by atoms with E-state index in [4.69, 9.17) is 16.3 Å². The number of likely N-dealkylation sites (tertiary alicyclic amines) is 1. The Kier molecular flexibility index (Phi) is 7.92. The Morgan fingerprint density at radius 1 is 1.10 bits per heavy atom. The zero-order chi connectivity index (χ0) is 29.6. The lowest BCUT2D eigenvalue weighted by Crippen LogP contribution is -2.59. The van der Waals surface area contributed by atoms with Crippen molar-refractivity contribution in [2.24, 2.45) is 23.7 Å². The van der Waals surface area contributed by atoms with E-state index in [-0.39, 0.29) is 29.8 Å². The first-order valence-corrected chi connectivity index (χ1v) is 15.7. The van der Waals surface area contributed by atoms with Crippen LogP contribution in [-0.2, 0) is 25.5 Å². The summed E-state index contributed by atoms with van der Waals surface area (Å²) in [6.07, 6.45) is 7.75. The quantitative estimate of drug-likeness (QED) is 0.404. The molecule has 1 spiro atoms. The van der Waals surface area contributed by atoms with Crippen molar-refractivity contribution in [1.29, 1.82) is 0 Å². The van der Waals surface area contributed by atoms with Crippen LogP contribution in [0.2, 0.25) is 5.02 Å². The molecule has 1 aliphatic carbocycles. The number of anilines is 1. The fourth-order valence-electron chi connectivity index (χ4n) is 7.68. The third-order valence-electron chi connectivity index (χ3n) is 10.2. The zero-order valence-electron chi connectivity index (χ0n) is 24.5. The molecule has 222 valence electrons. The first kappa shape index (κ1) is 28.9. The molecular formula is C34H40ClN3O4. The number of ether oxygens (including phenoxy) is 1. The van der Waals surface area contributed by atoms with E-state index in [2.05, 4.69) is 36.6 Å². The van der Waals surface area contributed by atoms with Crippen molar-refractivity contribution in [1.82, 2.24) is 10.2 Å². The number of carbonyl (C=O) groups excluding carboxylic acids is 3. The number of amides is 3. The summed E-state index contributed by atoms with van der Waals surface area (Å²) in [5.41, 5.74) is 0.546. The molecule has 4 aliphatic rings. The van der Waals surface area contributed by atoms with Crippen molar-refractivity contribution in [3.63, 3.8) is 0 Å². The lowest BCUT2D eigenvalue weighted by Gasteiger charge is -2.39. The molecule has 7 nitrogen and oxygen atoms in total. The Bertz CT molecular complexity index is 1380. The zero-order valence-corrected chi connectivity index (χ0v) is 25.2. The largest absolute Gasteiger partial charge is 0.359 e. The number of hydrogen-bond donors (Lipinski definition) is 2. The molecule has 9 atom stereocenters. The Morgan fingerprint density at radius 2 is 1.88 bits per heavy atom. The van der Waals surface area contributed by atoms with Crippen molar-refractivity contribution in [2.45, 2.75) is 82.7 Å². The van der Waals surface area contributed by atoms with Gasteiger partial charge in [0.15, 0.2) is 0 Å². The molecule has 2 N–H and O–H groups in total. The van der Waals surface area contributed by atoms with Crippen LogP contribution in [0.5, 0.6) is 0 Å². The Morgan fingerprint density at radius 3 is 2.64 bits per heavy atom. The van der Waals surface area contributed by atoms with Gasteiger partial charge in [-0.1, -0.05) is 86.8 Å². The summed E-state index contributed by atoms with van der Waals surface area (Å²) in [4.78, 5) is 44.1.